The maximum Gasteiger partial charge on any atom is 0.266 e. The summed E-state index contributed by atoms with van der Waals surface area (Å²) < 4.78 is 14.7. The highest BCUT2D eigenvalue weighted by molar-refractivity contribution is 9.10. The van der Waals surface area contributed by atoms with E-state index in [1.54, 1.807) is 12.4 Å². The lowest BCUT2D eigenvalue weighted by Crippen LogP contribution is -2.19. The fourth-order valence-electron chi connectivity index (χ4n) is 3.21. The number of fused-ring (bicyclic) bond motifs is 1. The molecule has 3 heterocycles. The molecule has 1 amide bonds. The van der Waals surface area contributed by atoms with E-state index in [1.807, 2.05) is 6.92 Å². The van der Waals surface area contributed by atoms with E-state index < -0.39 is 5.82 Å². The summed E-state index contributed by atoms with van der Waals surface area (Å²) in [6.07, 6.45) is 3.83. The van der Waals surface area contributed by atoms with Crippen LogP contribution in [0.2, 0.25) is 0 Å². The number of benzene rings is 1. The second-order valence-corrected chi connectivity index (χ2v) is 8.12. The average Bonchev–Trinajstić information content (AvgIpc) is 3.26. The van der Waals surface area contributed by atoms with E-state index in [1.165, 1.54) is 23.5 Å². The molecule has 1 N–H and O–H groups in total. The standard InChI is InChI=1S/C18H16BrFN4OS/c1-10-14-16(24-6-2-3-7-24)21-9-22-18(14)26-15(10)17(25)23-13-5-4-11(19)8-12(13)20/h4-5,8-9H,2-3,6-7H2,1H3,(H,23,25). The predicted molar refractivity (Wildman–Crippen MR) is 106 cm³/mol. The molecule has 1 saturated heterocycles. The Morgan fingerprint density at radius 1 is 1.31 bits per heavy atom. The van der Waals surface area contributed by atoms with Gasteiger partial charge < -0.3 is 10.2 Å². The van der Waals surface area contributed by atoms with Gasteiger partial charge in [-0.05, 0) is 43.5 Å². The highest BCUT2D eigenvalue weighted by atomic mass is 79.9. The number of aryl methyl sites for hydroxylation is 1. The van der Waals surface area contributed by atoms with Gasteiger partial charge >= 0.3 is 0 Å². The zero-order valence-electron chi connectivity index (χ0n) is 14.1. The number of carbonyl (C=O) groups excluding carboxylic acids is 1. The van der Waals surface area contributed by atoms with Crippen molar-refractivity contribution < 1.29 is 9.18 Å². The molecule has 0 radical (unpaired) electrons. The lowest BCUT2D eigenvalue weighted by Gasteiger charge is -2.17. The Hall–Kier alpha value is -2.06. The van der Waals surface area contributed by atoms with Crippen molar-refractivity contribution in [1.29, 1.82) is 0 Å². The van der Waals surface area contributed by atoms with Gasteiger partial charge in [0.25, 0.3) is 5.91 Å². The van der Waals surface area contributed by atoms with Crippen molar-refractivity contribution in [3.8, 4) is 0 Å². The summed E-state index contributed by atoms with van der Waals surface area (Å²) in [5, 5.41) is 3.58. The van der Waals surface area contributed by atoms with E-state index in [2.05, 4.69) is 36.1 Å². The van der Waals surface area contributed by atoms with Crippen LogP contribution in [-0.4, -0.2) is 29.0 Å². The molecule has 134 valence electrons. The number of halogens is 2. The van der Waals surface area contributed by atoms with Gasteiger partial charge in [0.1, 0.15) is 22.8 Å². The monoisotopic (exact) mass is 434 g/mol. The van der Waals surface area contributed by atoms with Crippen LogP contribution in [-0.2, 0) is 0 Å². The van der Waals surface area contributed by atoms with Crippen LogP contribution in [0.4, 0.5) is 15.9 Å². The molecule has 4 rings (SSSR count). The van der Waals surface area contributed by atoms with Gasteiger partial charge in [-0.1, -0.05) is 15.9 Å². The minimum atomic E-state index is -0.482. The van der Waals surface area contributed by atoms with Crippen LogP contribution in [0.3, 0.4) is 0 Å². The summed E-state index contributed by atoms with van der Waals surface area (Å²) in [7, 11) is 0. The van der Waals surface area contributed by atoms with Gasteiger partial charge in [0.15, 0.2) is 0 Å². The summed E-state index contributed by atoms with van der Waals surface area (Å²) in [6.45, 7) is 3.83. The molecule has 1 aromatic carbocycles. The van der Waals surface area contributed by atoms with Crippen LogP contribution < -0.4 is 10.2 Å². The zero-order chi connectivity index (χ0) is 18.3. The lowest BCUT2D eigenvalue weighted by molar-refractivity contribution is 0.102. The number of amides is 1. The van der Waals surface area contributed by atoms with Gasteiger partial charge in [-0.2, -0.15) is 0 Å². The maximum atomic E-state index is 14.0. The molecule has 8 heteroatoms. The molecule has 1 aliphatic rings. The third kappa shape index (κ3) is 3.07. The lowest BCUT2D eigenvalue weighted by atomic mass is 10.2. The maximum absolute atomic E-state index is 14.0. The summed E-state index contributed by atoms with van der Waals surface area (Å²) in [6, 6.07) is 4.55. The van der Waals surface area contributed by atoms with Crippen LogP contribution in [0.25, 0.3) is 10.2 Å². The highest BCUT2D eigenvalue weighted by Gasteiger charge is 2.23. The average molecular weight is 435 g/mol. The van der Waals surface area contributed by atoms with E-state index in [4.69, 9.17) is 0 Å². The number of hydrogen-bond acceptors (Lipinski definition) is 5. The molecule has 1 aliphatic heterocycles. The molecule has 26 heavy (non-hydrogen) atoms. The molecule has 0 aliphatic carbocycles. The summed E-state index contributed by atoms with van der Waals surface area (Å²) in [5.74, 6) is 0.0678. The first-order valence-corrected chi connectivity index (χ1v) is 9.91. The van der Waals surface area contributed by atoms with Crippen molar-refractivity contribution in [3.63, 3.8) is 0 Å². The zero-order valence-corrected chi connectivity index (χ0v) is 16.5. The minimum absolute atomic E-state index is 0.154. The Bertz CT molecular complexity index is 1000. The fourth-order valence-corrected chi connectivity index (χ4v) is 4.58. The Balaban J connectivity index is 1.71. The van der Waals surface area contributed by atoms with Gasteiger partial charge in [-0.3, -0.25) is 4.79 Å². The van der Waals surface area contributed by atoms with Crippen molar-refractivity contribution in [2.75, 3.05) is 23.3 Å². The van der Waals surface area contributed by atoms with E-state index in [0.29, 0.717) is 9.35 Å². The van der Waals surface area contributed by atoms with Gasteiger partial charge in [0.2, 0.25) is 0 Å². The highest BCUT2D eigenvalue weighted by Crippen LogP contribution is 2.36. The number of hydrogen-bond donors (Lipinski definition) is 1. The summed E-state index contributed by atoms with van der Waals surface area (Å²) >= 11 is 4.52. The van der Waals surface area contributed by atoms with Gasteiger partial charge in [0, 0.05) is 17.6 Å². The van der Waals surface area contributed by atoms with Crippen molar-refractivity contribution in [2.45, 2.75) is 19.8 Å². The Kier molecular flexibility index (Phi) is 4.62. The molecule has 0 spiro atoms. The molecular weight excluding hydrogens is 419 g/mol. The topological polar surface area (TPSA) is 58.1 Å². The van der Waals surface area contributed by atoms with Crippen molar-refractivity contribution in [3.05, 3.63) is 45.3 Å². The number of aromatic nitrogens is 2. The number of carbonyl (C=O) groups is 1. The fraction of sp³-hybridized carbons (Fsp3) is 0.278. The normalized spacial score (nSPS) is 14.2. The predicted octanol–water partition coefficient (Wildman–Crippen LogP) is 4.75. The van der Waals surface area contributed by atoms with E-state index in [9.17, 15) is 9.18 Å². The number of rotatable bonds is 3. The first-order chi connectivity index (χ1) is 12.5. The number of nitrogens with one attached hydrogen (secondary N) is 1. The Morgan fingerprint density at radius 3 is 2.81 bits per heavy atom. The molecular formula is C18H16BrFN4OS. The second-order valence-electron chi connectivity index (χ2n) is 6.21. The van der Waals surface area contributed by atoms with Gasteiger partial charge in [-0.15, -0.1) is 11.3 Å². The van der Waals surface area contributed by atoms with Gasteiger partial charge in [-0.25, -0.2) is 14.4 Å². The molecule has 0 bridgehead atoms. The quantitative estimate of drug-likeness (QED) is 0.645. The van der Waals surface area contributed by atoms with Gasteiger partial charge in [0.05, 0.1) is 16.0 Å². The van der Waals surface area contributed by atoms with Crippen LogP contribution in [0.1, 0.15) is 28.1 Å². The Morgan fingerprint density at radius 2 is 2.08 bits per heavy atom. The molecule has 0 unspecified atom stereocenters. The first-order valence-electron chi connectivity index (χ1n) is 8.30. The minimum Gasteiger partial charge on any atom is -0.356 e. The van der Waals surface area contributed by atoms with E-state index in [0.717, 1.165) is 47.5 Å². The van der Waals surface area contributed by atoms with E-state index >= 15 is 0 Å². The summed E-state index contributed by atoms with van der Waals surface area (Å²) in [5.41, 5.74) is 0.989. The van der Waals surface area contributed by atoms with Crippen molar-refractivity contribution in [2.24, 2.45) is 0 Å². The molecule has 0 saturated carbocycles. The molecule has 5 nitrogen and oxygen atoms in total. The first kappa shape index (κ1) is 17.4. The number of thiophene rings is 1. The molecule has 0 atom stereocenters. The second kappa shape index (κ2) is 6.92. The van der Waals surface area contributed by atoms with Crippen LogP contribution in [0.15, 0.2) is 29.0 Å². The SMILES string of the molecule is Cc1c(C(=O)Nc2ccc(Br)cc2F)sc2ncnc(N3CCCC3)c12. The van der Waals surface area contributed by atoms with Crippen molar-refractivity contribution in [1.82, 2.24) is 9.97 Å². The third-order valence-corrected chi connectivity index (χ3v) is 6.19. The van der Waals surface area contributed by atoms with Crippen LogP contribution >= 0.6 is 27.3 Å². The third-order valence-electron chi connectivity index (χ3n) is 4.50. The smallest absolute Gasteiger partial charge is 0.266 e. The van der Waals surface area contributed by atoms with Crippen LogP contribution in [0.5, 0.6) is 0 Å². The molecule has 3 aromatic rings. The molecule has 1 fully saturated rings. The summed E-state index contributed by atoms with van der Waals surface area (Å²) in [4.78, 5) is 25.1. The number of nitrogens with zero attached hydrogens (tertiary/aromatic N) is 3. The van der Waals surface area contributed by atoms with E-state index in [-0.39, 0.29) is 11.6 Å². The molecule has 2 aromatic heterocycles. The van der Waals surface area contributed by atoms with Crippen LogP contribution in [0, 0.1) is 12.7 Å². The van der Waals surface area contributed by atoms with Crippen molar-refractivity contribution >= 4 is 54.9 Å². The largest absolute Gasteiger partial charge is 0.356 e. The Labute approximate surface area is 162 Å². The number of anilines is 2.